The number of fused-ring (bicyclic) bond motifs is 2. The first-order valence-electron chi connectivity index (χ1n) is 7.17. The average molecular weight is 326 g/mol. The van der Waals surface area contributed by atoms with Crippen LogP contribution in [0.15, 0.2) is 24.3 Å². The molecule has 0 atom stereocenters. The normalized spacial score (nSPS) is 12.5. The van der Waals surface area contributed by atoms with E-state index in [0.29, 0.717) is 0 Å². The summed E-state index contributed by atoms with van der Waals surface area (Å²) >= 11 is 0. The maximum atomic E-state index is 12.9. The molecule has 0 heterocycles. The highest BCUT2D eigenvalue weighted by molar-refractivity contribution is 6.30. The quantitative estimate of drug-likeness (QED) is 0.574. The molecule has 0 saturated heterocycles. The molecule has 0 aromatic heterocycles. The molecular formula is C18H14O6. The molecule has 2 aromatic carbocycles. The first-order chi connectivity index (χ1) is 11.3. The largest absolute Gasteiger partial charge is 0.504 e. The molecule has 3 rings (SSSR count). The summed E-state index contributed by atoms with van der Waals surface area (Å²) in [5.74, 6) is -2.04. The molecule has 24 heavy (non-hydrogen) atoms. The van der Waals surface area contributed by atoms with Crippen molar-refractivity contribution < 1.29 is 29.0 Å². The van der Waals surface area contributed by atoms with Crippen LogP contribution in [0.2, 0.25) is 0 Å². The lowest BCUT2D eigenvalue weighted by Crippen LogP contribution is -2.22. The van der Waals surface area contributed by atoms with Crippen LogP contribution >= 0.6 is 0 Å². The van der Waals surface area contributed by atoms with E-state index in [1.165, 1.54) is 26.2 Å². The zero-order valence-electron chi connectivity index (χ0n) is 13.3. The standard InChI is InChI=1S/C18H14O6/c1-8-6-11-14(13(7-8)23-3)18(22)15-10(16(11)20)4-5-12(17(15)21)24-9(2)19/h4-7,21H,1-3H3. The van der Waals surface area contributed by atoms with Gasteiger partial charge < -0.3 is 14.6 Å². The molecule has 0 amide bonds. The van der Waals surface area contributed by atoms with Crippen molar-refractivity contribution in [3.63, 3.8) is 0 Å². The van der Waals surface area contributed by atoms with Crippen LogP contribution < -0.4 is 9.47 Å². The van der Waals surface area contributed by atoms with Crippen LogP contribution in [-0.2, 0) is 4.79 Å². The Bertz CT molecular complexity index is 910. The highest BCUT2D eigenvalue weighted by atomic mass is 16.5. The minimum atomic E-state index is -0.645. The molecule has 122 valence electrons. The predicted molar refractivity (Wildman–Crippen MR) is 84.0 cm³/mol. The van der Waals surface area contributed by atoms with Crippen LogP contribution in [-0.4, -0.2) is 29.8 Å². The summed E-state index contributed by atoms with van der Waals surface area (Å²) in [4.78, 5) is 36.7. The van der Waals surface area contributed by atoms with Gasteiger partial charge in [-0.25, -0.2) is 0 Å². The maximum Gasteiger partial charge on any atom is 0.308 e. The summed E-state index contributed by atoms with van der Waals surface area (Å²) in [5.41, 5.74) is 0.970. The number of rotatable bonds is 2. The number of phenolic OH excluding ortho intramolecular Hbond substituents is 1. The fourth-order valence-corrected chi connectivity index (χ4v) is 2.83. The Labute approximate surface area is 137 Å². The Kier molecular flexibility index (Phi) is 3.60. The van der Waals surface area contributed by atoms with Crippen molar-refractivity contribution in [2.75, 3.05) is 7.11 Å². The van der Waals surface area contributed by atoms with Crippen molar-refractivity contribution in [2.45, 2.75) is 13.8 Å². The van der Waals surface area contributed by atoms with E-state index in [4.69, 9.17) is 9.47 Å². The molecule has 0 aliphatic heterocycles. The van der Waals surface area contributed by atoms with Crippen molar-refractivity contribution >= 4 is 17.5 Å². The van der Waals surface area contributed by atoms with E-state index in [9.17, 15) is 19.5 Å². The highest BCUT2D eigenvalue weighted by Crippen LogP contribution is 2.41. The van der Waals surface area contributed by atoms with Crippen LogP contribution in [0.5, 0.6) is 17.2 Å². The van der Waals surface area contributed by atoms with Crippen LogP contribution in [0.4, 0.5) is 0 Å². The molecule has 1 aliphatic rings. The number of carbonyl (C=O) groups is 3. The lowest BCUT2D eigenvalue weighted by atomic mass is 9.82. The third kappa shape index (κ3) is 2.23. The minimum Gasteiger partial charge on any atom is -0.504 e. The number of esters is 1. The molecule has 6 heteroatoms. The van der Waals surface area contributed by atoms with Crippen molar-refractivity contribution in [2.24, 2.45) is 0 Å². The number of ether oxygens (including phenoxy) is 2. The SMILES string of the molecule is COc1cc(C)cc2c1C(=O)c1c(ccc(OC(C)=O)c1O)C2=O. The smallest absolute Gasteiger partial charge is 0.308 e. The van der Waals surface area contributed by atoms with Gasteiger partial charge in [-0.3, -0.25) is 14.4 Å². The lowest BCUT2D eigenvalue weighted by Gasteiger charge is -2.21. The van der Waals surface area contributed by atoms with Gasteiger partial charge in [0, 0.05) is 18.1 Å². The van der Waals surface area contributed by atoms with Gasteiger partial charge in [-0.05, 0) is 36.8 Å². The molecule has 2 aromatic rings. The molecule has 6 nitrogen and oxygen atoms in total. The van der Waals surface area contributed by atoms with Crippen LogP contribution in [0, 0.1) is 6.92 Å². The van der Waals surface area contributed by atoms with Gasteiger partial charge in [-0.15, -0.1) is 0 Å². The summed E-state index contributed by atoms with van der Waals surface area (Å²) in [6.07, 6.45) is 0. The van der Waals surface area contributed by atoms with Crippen molar-refractivity contribution in [3.05, 3.63) is 52.1 Å². The van der Waals surface area contributed by atoms with Gasteiger partial charge in [0.1, 0.15) is 5.75 Å². The van der Waals surface area contributed by atoms with Crippen LogP contribution in [0.25, 0.3) is 0 Å². The van der Waals surface area contributed by atoms with E-state index in [-0.39, 0.29) is 33.8 Å². The van der Waals surface area contributed by atoms with E-state index in [0.717, 1.165) is 5.56 Å². The number of phenols is 1. The van der Waals surface area contributed by atoms with Gasteiger partial charge in [-0.1, -0.05) is 0 Å². The molecule has 0 spiro atoms. The van der Waals surface area contributed by atoms with E-state index in [1.807, 2.05) is 0 Å². The lowest BCUT2D eigenvalue weighted by molar-refractivity contribution is -0.132. The van der Waals surface area contributed by atoms with E-state index in [1.54, 1.807) is 19.1 Å². The second-order valence-corrected chi connectivity index (χ2v) is 5.48. The van der Waals surface area contributed by atoms with E-state index in [2.05, 4.69) is 0 Å². The van der Waals surface area contributed by atoms with Gasteiger partial charge in [0.2, 0.25) is 5.78 Å². The first-order valence-corrected chi connectivity index (χ1v) is 7.17. The van der Waals surface area contributed by atoms with Crippen molar-refractivity contribution in [1.82, 2.24) is 0 Å². The van der Waals surface area contributed by atoms with Crippen LogP contribution in [0.3, 0.4) is 0 Å². The van der Waals surface area contributed by atoms with Crippen LogP contribution in [0.1, 0.15) is 44.3 Å². The maximum absolute atomic E-state index is 12.9. The number of aromatic hydroxyl groups is 1. The molecule has 1 N–H and O–H groups in total. The van der Waals surface area contributed by atoms with Crippen molar-refractivity contribution in [3.8, 4) is 17.2 Å². The number of carbonyl (C=O) groups excluding carboxylic acids is 3. The Balaban J connectivity index is 2.28. The van der Waals surface area contributed by atoms with E-state index >= 15 is 0 Å². The zero-order valence-corrected chi connectivity index (χ0v) is 13.3. The Hall–Kier alpha value is -3.15. The topological polar surface area (TPSA) is 89.9 Å². The number of hydrogen-bond donors (Lipinski definition) is 1. The Morgan fingerprint density at radius 1 is 1.00 bits per heavy atom. The molecule has 1 aliphatic carbocycles. The highest BCUT2D eigenvalue weighted by Gasteiger charge is 2.36. The minimum absolute atomic E-state index is 0.0635. The number of benzene rings is 2. The Morgan fingerprint density at radius 2 is 1.71 bits per heavy atom. The van der Waals surface area contributed by atoms with Gasteiger partial charge in [0.05, 0.1) is 18.2 Å². The molecule has 0 unspecified atom stereocenters. The summed E-state index contributed by atoms with van der Waals surface area (Å²) < 4.78 is 10.1. The molecule has 0 radical (unpaired) electrons. The second kappa shape index (κ2) is 5.49. The summed E-state index contributed by atoms with van der Waals surface area (Å²) in [6, 6.07) is 5.91. The fraction of sp³-hybridized carbons (Fsp3) is 0.167. The van der Waals surface area contributed by atoms with E-state index < -0.39 is 23.3 Å². The van der Waals surface area contributed by atoms with Gasteiger partial charge in [0.25, 0.3) is 0 Å². The monoisotopic (exact) mass is 326 g/mol. The molecular weight excluding hydrogens is 312 g/mol. The second-order valence-electron chi connectivity index (χ2n) is 5.48. The third-order valence-electron chi connectivity index (χ3n) is 3.80. The zero-order chi connectivity index (χ0) is 17.6. The predicted octanol–water partition coefficient (Wildman–Crippen LogP) is 2.41. The number of ketones is 2. The molecule has 0 saturated carbocycles. The van der Waals surface area contributed by atoms with Gasteiger partial charge in [0.15, 0.2) is 17.3 Å². The first kappa shape index (κ1) is 15.7. The fourth-order valence-electron chi connectivity index (χ4n) is 2.83. The third-order valence-corrected chi connectivity index (χ3v) is 3.80. The average Bonchev–Trinajstić information content (AvgIpc) is 2.53. The number of hydrogen-bond acceptors (Lipinski definition) is 6. The summed E-state index contributed by atoms with van der Waals surface area (Å²) in [7, 11) is 1.40. The number of aryl methyl sites for hydroxylation is 1. The molecule has 0 fully saturated rings. The summed E-state index contributed by atoms with van der Waals surface area (Å²) in [5, 5.41) is 10.3. The van der Waals surface area contributed by atoms with Gasteiger partial charge >= 0.3 is 5.97 Å². The number of methoxy groups -OCH3 is 1. The van der Waals surface area contributed by atoms with Crippen molar-refractivity contribution in [1.29, 1.82) is 0 Å². The Morgan fingerprint density at radius 3 is 2.33 bits per heavy atom. The summed E-state index contributed by atoms with van der Waals surface area (Å²) in [6.45, 7) is 2.96. The van der Waals surface area contributed by atoms with Gasteiger partial charge in [-0.2, -0.15) is 0 Å². The molecule has 0 bridgehead atoms.